The molecule has 1 saturated carbocycles. The molecule has 1 aromatic rings. The van der Waals surface area contributed by atoms with Crippen molar-refractivity contribution in [3.8, 4) is 0 Å². The Balaban J connectivity index is 0.00000225. The van der Waals surface area contributed by atoms with E-state index in [1.807, 2.05) is 21.8 Å². The van der Waals surface area contributed by atoms with Crippen molar-refractivity contribution >= 4 is 18.3 Å². The standard InChI is InChI=1S/C19H32N4O.ClH/c1-2-12-22(15-16-7-4-3-5-8-16)19(24)18-10-13-23(21-18)17-9-6-11-20-14-17;/h10,13,16-17,20H,2-9,11-12,14-15H2,1H3;1H. The summed E-state index contributed by atoms with van der Waals surface area (Å²) in [5.74, 6) is 0.795. The van der Waals surface area contributed by atoms with Crippen LogP contribution in [0.25, 0.3) is 0 Å². The molecule has 0 bridgehead atoms. The van der Waals surface area contributed by atoms with Gasteiger partial charge < -0.3 is 10.2 Å². The lowest BCUT2D eigenvalue weighted by Gasteiger charge is -2.29. The molecule has 1 unspecified atom stereocenters. The van der Waals surface area contributed by atoms with Crippen molar-refractivity contribution in [2.45, 2.75) is 64.3 Å². The number of rotatable bonds is 6. The molecule has 1 aliphatic carbocycles. The third kappa shape index (κ3) is 5.45. The van der Waals surface area contributed by atoms with Crippen LogP contribution in [0.1, 0.15) is 74.8 Å². The highest BCUT2D eigenvalue weighted by molar-refractivity contribution is 5.92. The highest BCUT2D eigenvalue weighted by Gasteiger charge is 2.24. The maximum absolute atomic E-state index is 12.9. The SMILES string of the molecule is CCCN(CC1CCCCC1)C(=O)c1ccn(C2CCCNC2)n1.Cl. The van der Waals surface area contributed by atoms with Gasteiger partial charge in [0, 0.05) is 25.8 Å². The Hall–Kier alpha value is -1.07. The Morgan fingerprint density at radius 3 is 2.76 bits per heavy atom. The van der Waals surface area contributed by atoms with Crippen LogP contribution in [0.15, 0.2) is 12.3 Å². The minimum atomic E-state index is 0. The Bertz CT molecular complexity index is 521. The third-order valence-electron chi connectivity index (χ3n) is 5.46. The molecular formula is C19H33ClN4O. The smallest absolute Gasteiger partial charge is 0.274 e. The predicted octanol–water partition coefficient (Wildman–Crippen LogP) is 3.66. The molecule has 1 amide bonds. The van der Waals surface area contributed by atoms with Gasteiger partial charge in [0.25, 0.3) is 5.91 Å². The fourth-order valence-electron chi connectivity index (χ4n) is 4.10. The molecule has 25 heavy (non-hydrogen) atoms. The Morgan fingerprint density at radius 1 is 1.28 bits per heavy atom. The maximum atomic E-state index is 12.9. The van der Waals surface area contributed by atoms with Crippen molar-refractivity contribution in [3.63, 3.8) is 0 Å². The van der Waals surface area contributed by atoms with E-state index in [9.17, 15) is 4.79 Å². The van der Waals surface area contributed by atoms with E-state index >= 15 is 0 Å². The summed E-state index contributed by atoms with van der Waals surface area (Å²) >= 11 is 0. The number of piperidine rings is 1. The number of hydrogen-bond acceptors (Lipinski definition) is 3. The van der Waals surface area contributed by atoms with E-state index in [1.54, 1.807) is 0 Å². The first kappa shape index (κ1) is 20.2. The number of halogens is 1. The first-order valence-corrected chi connectivity index (χ1v) is 9.83. The molecule has 0 aromatic carbocycles. The molecule has 2 fully saturated rings. The first-order valence-electron chi connectivity index (χ1n) is 9.83. The second kappa shape index (κ2) is 10.2. The van der Waals surface area contributed by atoms with Gasteiger partial charge in [-0.3, -0.25) is 9.48 Å². The Labute approximate surface area is 157 Å². The van der Waals surface area contributed by atoms with Crippen molar-refractivity contribution in [1.29, 1.82) is 0 Å². The Kier molecular flexibility index (Phi) is 8.24. The van der Waals surface area contributed by atoms with E-state index in [-0.39, 0.29) is 18.3 Å². The highest BCUT2D eigenvalue weighted by Crippen LogP contribution is 2.25. The minimum Gasteiger partial charge on any atom is -0.337 e. The van der Waals surface area contributed by atoms with Gasteiger partial charge in [-0.05, 0) is 50.6 Å². The summed E-state index contributed by atoms with van der Waals surface area (Å²) in [7, 11) is 0. The van der Waals surface area contributed by atoms with Crippen molar-refractivity contribution in [3.05, 3.63) is 18.0 Å². The molecule has 1 aliphatic heterocycles. The lowest BCUT2D eigenvalue weighted by atomic mass is 9.89. The molecule has 1 saturated heterocycles. The lowest BCUT2D eigenvalue weighted by molar-refractivity contribution is 0.0706. The van der Waals surface area contributed by atoms with Crippen LogP contribution in [-0.4, -0.2) is 46.8 Å². The molecular weight excluding hydrogens is 336 g/mol. The van der Waals surface area contributed by atoms with Crippen molar-refractivity contribution in [2.75, 3.05) is 26.2 Å². The average Bonchev–Trinajstić information content (AvgIpc) is 3.12. The number of hydrogen-bond donors (Lipinski definition) is 1. The predicted molar refractivity (Wildman–Crippen MR) is 103 cm³/mol. The molecule has 0 spiro atoms. The van der Waals surface area contributed by atoms with Crippen molar-refractivity contribution in [1.82, 2.24) is 20.0 Å². The normalized spacial score (nSPS) is 21.6. The van der Waals surface area contributed by atoms with Gasteiger partial charge in [0.05, 0.1) is 6.04 Å². The summed E-state index contributed by atoms with van der Waals surface area (Å²) in [4.78, 5) is 15.0. The van der Waals surface area contributed by atoms with Crippen LogP contribution in [0.3, 0.4) is 0 Å². The number of carbonyl (C=O) groups is 1. The summed E-state index contributed by atoms with van der Waals surface area (Å²) in [5.41, 5.74) is 0.616. The van der Waals surface area contributed by atoms with Crippen LogP contribution in [0.2, 0.25) is 0 Å². The quantitative estimate of drug-likeness (QED) is 0.833. The van der Waals surface area contributed by atoms with Gasteiger partial charge >= 0.3 is 0 Å². The van der Waals surface area contributed by atoms with E-state index < -0.39 is 0 Å². The zero-order valence-corrected chi connectivity index (χ0v) is 16.3. The van der Waals surface area contributed by atoms with Crippen LogP contribution < -0.4 is 5.32 Å². The zero-order chi connectivity index (χ0) is 16.8. The molecule has 5 nitrogen and oxygen atoms in total. The van der Waals surface area contributed by atoms with Gasteiger partial charge in [0.2, 0.25) is 0 Å². The molecule has 1 atom stereocenters. The van der Waals surface area contributed by atoms with E-state index in [0.717, 1.165) is 39.0 Å². The summed E-state index contributed by atoms with van der Waals surface area (Å²) in [6.45, 7) is 5.94. The van der Waals surface area contributed by atoms with Crippen LogP contribution >= 0.6 is 12.4 Å². The van der Waals surface area contributed by atoms with Crippen molar-refractivity contribution < 1.29 is 4.79 Å². The number of amides is 1. The monoisotopic (exact) mass is 368 g/mol. The number of aromatic nitrogens is 2. The summed E-state index contributed by atoms with van der Waals surface area (Å²) in [6, 6.07) is 2.29. The van der Waals surface area contributed by atoms with Gasteiger partial charge in [0.1, 0.15) is 5.69 Å². The first-order chi connectivity index (χ1) is 11.8. The zero-order valence-electron chi connectivity index (χ0n) is 15.5. The summed E-state index contributed by atoms with van der Waals surface area (Å²) in [5, 5.41) is 8.03. The van der Waals surface area contributed by atoms with E-state index in [2.05, 4.69) is 17.3 Å². The minimum absolute atomic E-state index is 0. The van der Waals surface area contributed by atoms with Crippen LogP contribution in [0.4, 0.5) is 0 Å². The molecule has 1 aromatic heterocycles. The van der Waals surface area contributed by atoms with Gasteiger partial charge in [-0.25, -0.2) is 0 Å². The lowest BCUT2D eigenvalue weighted by Crippen LogP contribution is -2.37. The Morgan fingerprint density at radius 2 is 2.08 bits per heavy atom. The second-order valence-electron chi connectivity index (χ2n) is 7.44. The van der Waals surface area contributed by atoms with Crippen LogP contribution in [-0.2, 0) is 0 Å². The van der Waals surface area contributed by atoms with Crippen LogP contribution in [0, 0.1) is 5.92 Å². The van der Waals surface area contributed by atoms with E-state index in [0.29, 0.717) is 17.7 Å². The summed E-state index contributed by atoms with van der Waals surface area (Å²) in [6.07, 6.45) is 11.9. The largest absolute Gasteiger partial charge is 0.337 e. The molecule has 2 aliphatic rings. The number of nitrogens with one attached hydrogen (secondary N) is 1. The fourth-order valence-corrected chi connectivity index (χ4v) is 4.10. The van der Waals surface area contributed by atoms with Gasteiger partial charge in [-0.2, -0.15) is 5.10 Å². The van der Waals surface area contributed by atoms with Gasteiger partial charge in [-0.15, -0.1) is 12.4 Å². The third-order valence-corrected chi connectivity index (χ3v) is 5.46. The molecule has 6 heteroatoms. The average molecular weight is 369 g/mol. The number of nitrogens with zero attached hydrogens (tertiary/aromatic N) is 3. The fraction of sp³-hybridized carbons (Fsp3) is 0.789. The summed E-state index contributed by atoms with van der Waals surface area (Å²) < 4.78 is 1.99. The molecule has 1 N–H and O–H groups in total. The molecule has 142 valence electrons. The highest BCUT2D eigenvalue weighted by atomic mass is 35.5. The van der Waals surface area contributed by atoms with Crippen molar-refractivity contribution in [2.24, 2.45) is 5.92 Å². The molecule has 3 rings (SSSR count). The van der Waals surface area contributed by atoms with E-state index in [1.165, 1.54) is 38.5 Å². The number of carbonyl (C=O) groups excluding carboxylic acids is 1. The van der Waals surface area contributed by atoms with Gasteiger partial charge in [0.15, 0.2) is 0 Å². The van der Waals surface area contributed by atoms with Gasteiger partial charge in [-0.1, -0.05) is 26.2 Å². The second-order valence-corrected chi connectivity index (χ2v) is 7.44. The van der Waals surface area contributed by atoms with Crippen LogP contribution in [0.5, 0.6) is 0 Å². The molecule has 0 radical (unpaired) electrons. The maximum Gasteiger partial charge on any atom is 0.274 e. The topological polar surface area (TPSA) is 50.2 Å². The van der Waals surface area contributed by atoms with E-state index in [4.69, 9.17) is 0 Å². The molecule has 2 heterocycles.